The lowest BCUT2D eigenvalue weighted by atomic mass is 10.3. The van der Waals surface area contributed by atoms with E-state index in [1.807, 2.05) is 22.9 Å². The van der Waals surface area contributed by atoms with Crippen molar-refractivity contribution in [1.82, 2.24) is 0 Å². The molecule has 0 aromatic carbocycles. The summed E-state index contributed by atoms with van der Waals surface area (Å²) in [4.78, 5) is 19.0. The molecular formula is C8H7Cl3O2S. The molecule has 1 heterocycles. The SMILES string of the molecule is O=CC(Cl)C(=O)C(Cl)Cl.c1ccsc1. The molecule has 0 aliphatic rings. The molecule has 0 bridgehead atoms. The van der Waals surface area contributed by atoms with Crippen molar-refractivity contribution < 1.29 is 9.59 Å². The smallest absolute Gasteiger partial charge is 0.190 e. The molecule has 0 fully saturated rings. The van der Waals surface area contributed by atoms with Gasteiger partial charge in [0, 0.05) is 0 Å². The van der Waals surface area contributed by atoms with E-state index in [0.717, 1.165) is 0 Å². The number of ketones is 1. The van der Waals surface area contributed by atoms with E-state index in [2.05, 4.69) is 0 Å². The molecule has 78 valence electrons. The second kappa shape index (κ2) is 8.24. The highest BCUT2D eigenvalue weighted by Crippen LogP contribution is 2.08. The first-order chi connectivity index (χ1) is 6.59. The van der Waals surface area contributed by atoms with Gasteiger partial charge in [-0.1, -0.05) is 35.3 Å². The minimum absolute atomic E-state index is 0.279. The maximum Gasteiger partial charge on any atom is 0.190 e. The van der Waals surface area contributed by atoms with Gasteiger partial charge in [0.05, 0.1) is 0 Å². The Kier molecular flexibility index (Phi) is 8.18. The first-order valence-corrected chi connectivity index (χ1v) is 5.73. The molecule has 6 heteroatoms. The summed E-state index contributed by atoms with van der Waals surface area (Å²) < 4.78 is 0. The van der Waals surface area contributed by atoms with Crippen molar-refractivity contribution >= 4 is 58.2 Å². The lowest BCUT2D eigenvalue weighted by Crippen LogP contribution is -2.21. The van der Waals surface area contributed by atoms with E-state index in [1.165, 1.54) is 0 Å². The molecule has 14 heavy (non-hydrogen) atoms. The van der Waals surface area contributed by atoms with Crippen LogP contribution in [-0.4, -0.2) is 22.3 Å². The Bertz CT molecular complexity index is 244. The molecule has 0 saturated carbocycles. The zero-order valence-electron chi connectivity index (χ0n) is 6.90. The number of halogens is 3. The molecule has 1 unspecified atom stereocenters. The molecule has 0 aliphatic carbocycles. The van der Waals surface area contributed by atoms with Gasteiger partial charge in [0.15, 0.2) is 10.6 Å². The summed E-state index contributed by atoms with van der Waals surface area (Å²) in [5.41, 5.74) is 0. The van der Waals surface area contributed by atoms with E-state index in [9.17, 15) is 9.59 Å². The largest absolute Gasteiger partial charge is 0.301 e. The van der Waals surface area contributed by atoms with E-state index in [0.29, 0.717) is 0 Å². The number of carbonyl (C=O) groups excluding carboxylic acids is 2. The van der Waals surface area contributed by atoms with Crippen LogP contribution >= 0.6 is 46.1 Å². The molecule has 2 nitrogen and oxygen atoms in total. The van der Waals surface area contributed by atoms with Gasteiger partial charge in [-0.15, -0.1) is 11.6 Å². The average Bonchev–Trinajstić information content (AvgIpc) is 2.73. The van der Waals surface area contributed by atoms with Gasteiger partial charge in [-0.3, -0.25) is 4.79 Å². The third kappa shape index (κ3) is 6.38. The molecule has 1 aromatic rings. The number of carbonyl (C=O) groups is 2. The highest BCUT2D eigenvalue weighted by molar-refractivity contribution is 7.07. The molecule has 0 amide bonds. The number of hydrogen-bond acceptors (Lipinski definition) is 3. The predicted molar refractivity (Wildman–Crippen MR) is 60.5 cm³/mol. The van der Waals surface area contributed by atoms with Crippen LogP contribution in [0.1, 0.15) is 0 Å². The predicted octanol–water partition coefficient (Wildman–Crippen LogP) is 2.91. The second-order valence-electron chi connectivity index (χ2n) is 2.03. The molecule has 1 rings (SSSR count). The van der Waals surface area contributed by atoms with E-state index in [4.69, 9.17) is 34.8 Å². The Morgan fingerprint density at radius 2 is 1.71 bits per heavy atom. The van der Waals surface area contributed by atoms with Crippen molar-refractivity contribution in [3.63, 3.8) is 0 Å². The number of rotatable bonds is 3. The monoisotopic (exact) mass is 272 g/mol. The molecule has 0 N–H and O–H groups in total. The normalized spacial score (nSPS) is 11.4. The first kappa shape index (κ1) is 13.9. The van der Waals surface area contributed by atoms with Gasteiger partial charge in [-0.2, -0.15) is 11.3 Å². The topological polar surface area (TPSA) is 34.1 Å². The van der Waals surface area contributed by atoms with E-state index < -0.39 is 16.0 Å². The van der Waals surface area contributed by atoms with Crippen molar-refractivity contribution in [3.8, 4) is 0 Å². The standard InChI is InChI=1S/C4H3Cl3O2.C4H4S/c5-2(1-8)3(9)4(6)7;1-2-4-5-3-1/h1-2,4H;1-4H. The van der Waals surface area contributed by atoms with Crippen LogP contribution in [0.3, 0.4) is 0 Å². The van der Waals surface area contributed by atoms with Crippen molar-refractivity contribution in [3.05, 3.63) is 22.9 Å². The second-order valence-corrected chi connectivity index (χ2v) is 4.42. The van der Waals surface area contributed by atoms with Gasteiger partial charge in [0.25, 0.3) is 0 Å². The fraction of sp³-hybridized carbons (Fsp3) is 0.250. The Labute approximate surface area is 101 Å². The van der Waals surface area contributed by atoms with Crippen LogP contribution in [0.2, 0.25) is 0 Å². The maximum absolute atomic E-state index is 10.4. The summed E-state index contributed by atoms with van der Waals surface area (Å²) in [7, 11) is 0. The number of thiophene rings is 1. The van der Waals surface area contributed by atoms with Crippen LogP contribution in [0, 0.1) is 0 Å². The lowest BCUT2D eigenvalue weighted by molar-refractivity contribution is -0.120. The van der Waals surface area contributed by atoms with E-state index >= 15 is 0 Å². The van der Waals surface area contributed by atoms with Crippen molar-refractivity contribution in [2.75, 3.05) is 0 Å². The van der Waals surface area contributed by atoms with Crippen LogP contribution in [0.25, 0.3) is 0 Å². The number of alkyl halides is 3. The van der Waals surface area contributed by atoms with Gasteiger partial charge in [-0.25, -0.2) is 0 Å². The Morgan fingerprint density at radius 1 is 1.21 bits per heavy atom. The summed E-state index contributed by atoms with van der Waals surface area (Å²) in [6.45, 7) is 0. The zero-order valence-corrected chi connectivity index (χ0v) is 9.98. The summed E-state index contributed by atoms with van der Waals surface area (Å²) >= 11 is 17.0. The van der Waals surface area contributed by atoms with Crippen LogP contribution in [0.5, 0.6) is 0 Å². The lowest BCUT2D eigenvalue weighted by Gasteiger charge is -1.98. The highest BCUT2D eigenvalue weighted by atomic mass is 35.5. The van der Waals surface area contributed by atoms with Crippen molar-refractivity contribution in [1.29, 1.82) is 0 Å². The third-order valence-electron chi connectivity index (χ3n) is 1.03. The van der Waals surface area contributed by atoms with E-state index in [-0.39, 0.29) is 6.29 Å². The van der Waals surface area contributed by atoms with Gasteiger partial charge in [0.2, 0.25) is 0 Å². The summed E-state index contributed by atoms with van der Waals surface area (Å²) in [6.07, 6.45) is 0.279. The fourth-order valence-corrected chi connectivity index (χ4v) is 1.39. The molecule has 0 radical (unpaired) electrons. The highest BCUT2D eigenvalue weighted by Gasteiger charge is 2.20. The Morgan fingerprint density at radius 3 is 1.86 bits per heavy atom. The first-order valence-electron chi connectivity index (χ1n) is 3.48. The quantitative estimate of drug-likeness (QED) is 0.482. The third-order valence-corrected chi connectivity index (χ3v) is 2.41. The van der Waals surface area contributed by atoms with Crippen molar-refractivity contribution in [2.45, 2.75) is 10.2 Å². The van der Waals surface area contributed by atoms with Crippen LogP contribution in [0.4, 0.5) is 0 Å². The molecule has 1 atom stereocenters. The molecule has 0 spiro atoms. The minimum atomic E-state index is -1.22. The fourth-order valence-electron chi connectivity index (χ4n) is 0.414. The van der Waals surface area contributed by atoms with Crippen LogP contribution < -0.4 is 0 Å². The summed E-state index contributed by atoms with van der Waals surface area (Å²) in [5, 5.41) is 2.87. The summed E-state index contributed by atoms with van der Waals surface area (Å²) in [5.74, 6) is -0.685. The maximum atomic E-state index is 10.4. The number of aldehydes is 1. The Balaban J connectivity index is 0.000000280. The number of Topliss-reactive ketones (excluding diaryl/α,β-unsaturated/α-hetero) is 1. The van der Waals surface area contributed by atoms with Gasteiger partial charge < -0.3 is 4.79 Å². The zero-order chi connectivity index (χ0) is 11.0. The van der Waals surface area contributed by atoms with E-state index in [1.54, 1.807) is 11.3 Å². The summed E-state index contributed by atoms with van der Waals surface area (Å²) in [6, 6.07) is 4.04. The molecule has 0 saturated heterocycles. The molecule has 1 aromatic heterocycles. The van der Waals surface area contributed by atoms with Crippen LogP contribution in [0.15, 0.2) is 22.9 Å². The van der Waals surface area contributed by atoms with Crippen molar-refractivity contribution in [2.24, 2.45) is 0 Å². The molecule has 0 aliphatic heterocycles. The van der Waals surface area contributed by atoms with Gasteiger partial charge in [-0.05, 0) is 10.8 Å². The van der Waals surface area contributed by atoms with Gasteiger partial charge in [0.1, 0.15) is 11.7 Å². The average molecular weight is 274 g/mol. The van der Waals surface area contributed by atoms with Crippen LogP contribution in [-0.2, 0) is 9.59 Å². The molecular weight excluding hydrogens is 267 g/mol. The number of hydrogen-bond donors (Lipinski definition) is 0. The Hall–Kier alpha value is -0.0900. The minimum Gasteiger partial charge on any atom is -0.301 e. The van der Waals surface area contributed by atoms with Gasteiger partial charge >= 0.3 is 0 Å².